The molecule has 1 aromatic carbocycles. The fourth-order valence-corrected chi connectivity index (χ4v) is 3.33. The minimum absolute atomic E-state index is 0.0814. The van der Waals surface area contributed by atoms with Crippen LogP contribution in [0.1, 0.15) is 52.9 Å². The number of fused-ring (bicyclic) bond motifs is 1. The molecule has 0 spiro atoms. The topological polar surface area (TPSA) is 92.7 Å². The Morgan fingerprint density at radius 2 is 1.93 bits per heavy atom. The van der Waals surface area contributed by atoms with Crippen LogP contribution in [0.3, 0.4) is 0 Å². The number of amides is 1. The summed E-state index contributed by atoms with van der Waals surface area (Å²) in [6.07, 6.45) is 6.03. The van der Waals surface area contributed by atoms with Gasteiger partial charge < -0.3 is 14.9 Å². The third-order valence-corrected chi connectivity index (χ3v) is 4.84. The monoisotopic (exact) mass is 363 g/mol. The molecule has 0 radical (unpaired) electrons. The zero-order valence-corrected chi connectivity index (χ0v) is 15.2. The number of ketones is 1. The molecule has 0 fully saturated rings. The Hall–Kier alpha value is -3.22. The van der Waals surface area contributed by atoms with E-state index in [-0.39, 0.29) is 11.7 Å². The number of hydrogen-bond acceptors (Lipinski definition) is 4. The van der Waals surface area contributed by atoms with Crippen molar-refractivity contribution in [3.63, 3.8) is 0 Å². The molecule has 2 aromatic heterocycles. The molecule has 3 heterocycles. The number of carbonyl (C=O) groups is 2. The van der Waals surface area contributed by atoms with E-state index < -0.39 is 0 Å². The first-order chi connectivity index (χ1) is 13.1. The number of aromatic amines is 1. The minimum Gasteiger partial charge on any atom is -0.356 e. The summed E-state index contributed by atoms with van der Waals surface area (Å²) in [6.45, 7) is 2.41. The molecule has 0 unspecified atom stereocenters. The highest BCUT2D eigenvalue weighted by atomic mass is 16.2. The molecule has 1 aliphatic heterocycles. The smallest absolute Gasteiger partial charge is 0.272 e. The van der Waals surface area contributed by atoms with Crippen molar-refractivity contribution in [3.8, 4) is 11.4 Å². The molecule has 1 aliphatic rings. The Labute approximate surface area is 156 Å². The molecular weight excluding hydrogens is 342 g/mol. The standard InChI is InChI=1S/C20H21N5O2/c1-13(26)15-11-17(21-12-15)20(27)22-16-8-6-14(7-9-16)19-24-23-18-5-3-2-4-10-25(18)19/h6-9,11-12,21H,2-5,10H2,1H3,(H,22,27). The van der Waals surface area contributed by atoms with E-state index in [1.165, 1.54) is 19.5 Å². The van der Waals surface area contributed by atoms with E-state index in [9.17, 15) is 9.59 Å². The maximum absolute atomic E-state index is 12.3. The highest BCUT2D eigenvalue weighted by molar-refractivity contribution is 6.05. The van der Waals surface area contributed by atoms with Gasteiger partial charge in [-0.05, 0) is 50.1 Å². The van der Waals surface area contributed by atoms with Crippen molar-refractivity contribution in [1.29, 1.82) is 0 Å². The summed E-state index contributed by atoms with van der Waals surface area (Å²) < 4.78 is 2.20. The second-order valence-electron chi connectivity index (χ2n) is 6.79. The normalized spacial score (nSPS) is 13.7. The number of nitrogens with zero attached hydrogens (tertiary/aromatic N) is 3. The number of nitrogens with one attached hydrogen (secondary N) is 2. The van der Waals surface area contributed by atoms with Crippen LogP contribution in [0.15, 0.2) is 36.5 Å². The van der Waals surface area contributed by atoms with Crippen LogP contribution in [0.2, 0.25) is 0 Å². The van der Waals surface area contributed by atoms with Gasteiger partial charge in [-0.15, -0.1) is 10.2 Å². The molecule has 3 aromatic rings. The van der Waals surface area contributed by atoms with E-state index in [4.69, 9.17) is 0 Å². The third kappa shape index (κ3) is 3.53. The average Bonchev–Trinajstić information content (AvgIpc) is 3.25. The number of carbonyl (C=O) groups excluding carboxylic acids is 2. The first-order valence-corrected chi connectivity index (χ1v) is 9.15. The Morgan fingerprint density at radius 3 is 2.67 bits per heavy atom. The molecule has 0 saturated carbocycles. The van der Waals surface area contributed by atoms with Crippen molar-refractivity contribution < 1.29 is 9.59 Å². The molecule has 7 heteroatoms. The summed E-state index contributed by atoms with van der Waals surface area (Å²) in [7, 11) is 0. The lowest BCUT2D eigenvalue weighted by Crippen LogP contribution is -2.12. The fraction of sp³-hybridized carbons (Fsp3) is 0.300. The summed E-state index contributed by atoms with van der Waals surface area (Å²) in [6, 6.07) is 9.12. The van der Waals surface area contributed by atoms with Crippen LogP contribution < -0.4 is 5.32 Å². The van der Waals surface area contributed by atoms with Crippen LogP contribution in [0.5, 0.6) is 0 Å². The molecule has 0 atom stereocenters. The summed E-state index contributed by atoms with van der Waals surface area (Å²) in [5.74, 6) is 1.56. The van der Waals surface area contributed by atoms with Crippen LogP contribution in [-0.2, 0) is 13.0 Å². The molecular formula is C20H21N5O2. The van der Waals surface area contributed by atoms with E-state index in [1.807, 2.05) is 24.3 Å². The highest BCUT2D eigenvalue weighted by Gasteiger charge is 2.16. The van der Waals surface area contributed by atoms with Gasteiger partial charge in [0.25, 0.3) is 5.91 Å². The van der Waals surface area contributed by atoms with Gasteiger partial charge in [-0.2, -0.15) is 0 Å². The Morgan fingerprint density at radius 1 is 1.11 bits per heavy atom. The predicted octanol–water partition coefficient (Wildman–Crippen LogP) is 3.45. The first-order valence-electron chi connectivity index (χ1n) is 9.15. The van der Waals surface area contributed by atoms with E-state index in [0.717, 1.165) is 43.0 Å². The number of aromatic nitrogens is 4. The van der Waals surface area contributed by atoms with E-state index >= 15 is 0 Å². The zero-order valence-electron chi connectivity index (χ0n) is 15.2. The van der Waals surface area contributed by atoms with Crippen molar-refractivity contribution in [2.45, 2.75) is 39.2 Å². The lowest BCUT2D eigenvalue weighted by molar-refractivity contribution is 0.101. The molecule has 0 bridgehead atoms. The Bertz CT molecular complexity index is 984. The average molecular weight is 363 g/mol. The molecule has 4 rings (SSSR count). The van der Waals surface area contributed by atoms with Crippen molar-refractivity contribution in [2.24, 2.45) is 0 Å². The highest BCUT2D eigenvalue weighted by Crippen LogP contribution is 2.24. The van der Waals surface area contributed by atoms with Gasteiger partial charge >= 0.3 is 0 Å². The van der Waals surface area contributed by atoms with Gasteiger partial charge in [0.15, 0.2) is 11.6 Å². The van der Waals surface area contributed by atoms with Crippen LogP contribution in [-0.4, -0.2) is 31.4 Å². The van der Waals surface area contributed by atoms with Gasteiger partial charge in [0.05, 0.1) is 0 Å². The fourth-order valence-electron chi connectivity index (χ4n) is 3.33. The van der Waals surface area contributed by atoms with E-state index in [0.29, 0.717) is 16.9 Å². The second-order valence-corrected chi connectivity index (χ2v) is 6.79. The SMILES string of the molecule is CC(=O)c1c[nH]c(C(=O)Nc2ccc(-c3nnc4n3CCCCC4)cc2)c1. The lowest BCUT2D eigenvalue weighted by Gasteiger charge is -2.08. The molecule has 27 heavy (non-hydrogen) atoms. The summed E-state index contributed by atoms with van der Waals surface area (Å²) in [4.78, 5) is 26.5. The Balaban J connectivity index is 1.50. The van der Waals surface area contributed by atoms with Crippen molar-refractivity contribution >= 4 is 17.4 Å². The van der Waals surface area contributed by atoms with Crippen LogP contribution in [0.4, 0.5) is 5.69 Å². The lowest BCUT2D eigenvalue weighted by atomic mass is 10.2. The van der Waals surface area contributed by atoms with Crippen LogP contribution >= 0.6 is 0 Å². The summed E-state index contributed by atoms with van der Waals surface area (Å²) in [5.41, 5.74) is 2.50. The maximum Gasteiger partial charge on any atom is 0.272 e. The van der Waals surface area contributed by atoms with Crippen molar-refractivity contribution in [3.05, 3.63) is 53.6 Å². The predicted molar refractivity (Wildman–Crippen MR) is 102 cm³/mol. The summed E-state index contributed by atoms with van der Waals surface area (Å²) >= 11 is 0. The van der Waals surface area contributed by atoms with Gasteiger partial charge in [-0.25, -0.2) is 0 Å². The molecule has 0 saturated heterocycles. The number of Topliss-reactive ketones (excluding diaryl/α,β-unsaturated/α-hetero) is 1. The Kier molecular flexibility index (Phi) is 4.58. The summed E-state index contributed by atoms with van der Waals surface area (Å²) in [5, 5.41) is 11.5. The quantitative estimate of drug-likeness (QED) is 0.694. The molecule has 2 N–H and O–H groups in total. The number of benzene rings is 1. The number of aryl methyl sites for hydroxylation is 1. The molecule has 1 amide bonds. The first kappa shape index (κ1) is 17.2. The van der Waals surface area contributed by atoms with Crippen LogP contribution in [0, 0.1) is 0 Å². The number of rotatable bonds is 4. The van der Waals surface area contributed by atoms with Crippen molar-refractivity contribution in [2.75, 3.05) is 5.32 Å². The molecule has 138 valence electrons. The van der Waals surface area contributed by atoms with E-state index in [2.05, 4.69) is 25.1 Å². The number of H-pyrrole nitrogens is 1. The maximum atomic E-state index is 12.3. The van der Waals surface area contributed by atoms with E-state index in [1.54, 1.807) is 6.07 Å². The zero-order chi connectivity index (χ0) is 18.8. The van der Waals surface area contributed by atoms with Gasteiger partial charge in [0.2, 0.25) is 0 Å². The minimum atomic E-state index is -0.286. The van der Waals surface area contributed by atoms with Gasteiger partial charge in [-0.1, -0.05) is 6.42 Å². The van der Waals surface area contributed by atoms with Crippen LogP contribution in [0.25, 0.3) is 11.4 Å². The number of anilines is 1. The van der Waals surface area contributed by atoms with Gasteiger partial charge in [-0.3, -0.25) is 9.59 Å². The third-order valence-electron chi connectivity index (χ3n) is 4.84. The molecule has 7 nitrogen and oxygen atoms in total. The largest absolute Gasteiger partial charge is 0.356 e. The number of hydrogen-bond donors (Lipinski definition) is 2. The van der Waals surface area contributed by atoms with Gasteiger partial charge in [0, 0.05) is 36.0 Å². The van der Waals surface area contributed by atoms with Crippen molar-refractivity contribution in [1.82, 2.24) is 19.7 Å². The molecule has 0 aliphatic carbocycles. The van der Waals surface area contributed by atoms with Gasteiger partial charge in [0.1, 0.15) is 11.5 Å². The second kappa shape index (κ2) is 7.19.